The van der Waals surface area contributed by atoms with Crippen LogP contribution in [-0.4, -0.2) is 72.3 Å². The van der Waals surface area contributed by atoms with Gasteiger partial charge in [0.15, 0.2) is 0 Å². The third kappa shape index (κ3) is 8.17. The summed E-state index contributed by atoms with van der Waals surface area (Å²) in [4.78, 5) is 40.7. The fourth-order valence-corrected chi connectivity index (χ4v) is 6.53. The number of benzene rings is 1. The van der Waals surface area contributed by atoms with E-state index in [0.717, 1.165) is 23.1 Å². The van der Waals surface area contributed by atoms with Gasteiger partial charge in [0.05, 0.1) is 29.8 Å². The number of hydrogen-bond donors (Lipinski definition) is 3. The second kappa shape index (κ2) is 14.4. The Labute approximate surface area is 275 Å². The van der Waals surface area contributed by atoms with Crippen molar-refractivity contribution in [2.45, 2.75) is 96.4 Å². The summed E-state index contributed by atoms with van der Waals surface area (Å²) in [5.74, 6) is -0.527. The predicted octanol–water partition coefficient (Wildman–Crippen LogP) is 5.91. The highest BCUT2D eigenvalue weighted by Gasteiger charge is 2.64. The number of fused-ring (bicyclic) bond motifs is 5. The number of unbranched alkanes of at least 4 members (excludes halogenated alkanes) is 1. The molecule has 0 aromatic heterocycles. The number of aryl methyl sites for hydroxylation is 1. The van der Waals surface area contributed by atoms with Crippen molar-refractivity contribution in [1.29, 1.82) is 0 Å². The Morgan fingerprint density at radius 1 is 1.24 bits per heavy atom. The number of rotatable bonds is 5. The summed E-state index contributed by atoms with van der Waals surface area (Å²) in [6, 6.07) is 3.87. The van der Waals surface area contributed by atoms with Gasteiger partial charge in [-0.05, 0) is 63.0 Å². The van der Waals surface area contributed by atoms with E-state index < -0.39 is 53.7 Å². The molecule has 3 aliphatic heterocycles. The molecule has 7 atom stereocenters. The van der Waals surface area contributed by atoms with E-state index in [1.165, 1.54) is 4.90 Å². The second-order valence-corrected chi connectivity index (χ2v) is 13.5. The smallest absolute Gasteiger partial charge is 0.446 e. The Balaban J connectivity index is 1.71. The van der Waals surface area contributed by atoms with Crippen LogP contribution in [0.3, 0.4) is 0 Å². The van der Waals surface area contributed by atoms with Gasteiger partial charge >= 0.3 is 12.2 Å². The summed E-state index contributed by atoms with van der Waals surface area (Å²) in [6.45, 7) is 9.47. The summed E-state index contributed by atoms with van der Waals surface area (Å²) in [6.07, 6.45) is 3.63. The molecule has 12 heteroatoms. The largest absolute Gasteiger partial charge is 0.508 e. The number of anilines is 1. The molecule has 1 aromatic carbocycles. The lowest BCUT2D eigenvalue weighted by atomic mass is 9.82. The number of alkyl carbamates (subject to hydrolysis) is 1. The van der Waals surface area contributed by atoms with Gasteiger partial charge in [-0.15, -0.1) is 0 Å². The second-order valence-electron chi connectivity index (χ2n) is 12.7. The molecule has 0 spiro atoms. The molecule has 4 rings (SSSR count). The van der Waals surface area contributed by atoms with Crippen LogP contribution in [0.2, 0.25) is 5.02 Å². The maximum Gasteiger partial charge on any atom is 0.508 e. The Hall–Kier alpha value is -2.73. The Bertz CT molecular complexity index is 1350. The third-order valence-corrected chi connectivity index (χ3v) is 9.91. The lowest BCUT2D eigenvalue weighted by Gasteiger charge is -2.41. The zero-order chi connectivity index (χ0) is 33.1. The fraction of sp³-hybridized carbons (Fsp3) is 0.606. The molecule has 2 amide bonds. The summed E-state index contributed by atoms with van der Waals surface area (Å²) in [5, 5.41) is 14.6. The van der Waals surface area contributed by atoms with Crippen LogP contribution in [-0.2, 0) is 30.2 Å². The molecule has 0 radical (unpaired) electrons. The molecule has 10 nitrogen and oxygen atoms in total. The minimum absolute atomic E-state index is 0.105. The molecule has 1 aromatic rings. The summed E-state index contributed by atoms with van der Waals surface area (Å²) in [5.41, 5.74) is 0.711. The normalized spacial score (nSPS) is 34.0. The van der Waals surface area contributed by atoms with E-state index in [-0.39, 0.29) is 25.4 Å². The summed E-state index contributed by atoms with van der Waals surface area (Å²) in [7, 11) is 1.64. The number of nitrogens with zero attached hydrogens (tertiary/aromatic N) is 1. The van der Waals surface area contributed by atoms with Crippen molar-refractivity contribution in [2.75, 3.05) is 24.3 Å². The van der Waals surface area contributed by atoms with Gasteiger partial charge < -0.3 is 29.0 Å². The third-order valence-electron chi connectivity index (χ3n) is 9.10. The molecule has 3 aliphatic rings. The predicted molar refractivity (Wildman–Crippen MR) is 175 cm³/mol. The SMILES string of the molecule is C/C1=C\C=C\C(C)C2(O)CC(OC(=O)N2)C(C)C2OC2(C)C(OC(=O)OCCCCS)CC(=O)N(C)c2cc(cc(C)c2Cl)C1. The van der Waals surface area contributed by atoms with Crippen molar-refractivity contribution in [3.8, 4) is 0 Å². The van der Waals surface area contributed by atoms with Gasteiger partial charge in [0.1, 0.15) is 23.5 Å². The van der Waals surface area contributed by atoms with Crippen molar-refractivity contribution >= 4 is 48.1 Å². The average molecular weight is 665 g/mol. The van der Waals surface area contributed by atoms with Crippen LogP contribution in [0.1, 0.15) is 64.5 Å². The molecule has 0 aliphatic carbocycles. The zero-order valence-electron chi connectivity index (χ0n) is 26.8. The Morgan fingerprint density at radius 2 is 1.98 bits per heavy atom. The number of carbonyl (C=O) groups is 3. The number of thiol groups is 1. The van der Waals surface area contributed by atoms with Crippen molar-refractivity contribution in [2.24, 2.45) is 11.8 Å². The number of hydrogen-bond acceptors (Lipinski definition) is 9. The summed E-state index contributed by atoms with van der Waals surface area (Å²) >= 11 is 10.9. The minimum atomic E-state index is -1.56. The van der Waals surface area contributed by atoms with Crippen LogP contribution in [0.15, 0.2) is 35.9 Å². The number of amides is 2. The Kier molecular flexibility index (Phi) is 11.2. The maximum absolute atomic E-state index is 13.8. The highest BCUT2D eigenvalue weighted by atomic mass is 35.5. The number of epoxide rings is 1. The zero-order valence-corrected chi connectivity index (χ0v) is 28.5. The molecule has 3 heterocycles. The molecular weight excluding hydrogens is 620 g/mol. The molecule has 4 bridgehead atoms. The Morgan fingerprint density at radius 3 is 2.69 bits per heavy atom. The van der Waals surface area contributed by atoms with E-state index in [2.05, 4.69) is 17.9 Å². The summed E-state index contributed by atoms with van der Waals surface area (Å²) < 4.78 is 22.9. The number of aliphatic hydroxyl groups is 1. The van der Waals surface area contributed by atoms with Crippen LogP contribution in [0.4, 0.5) is 15.3 Å². The molecule has 0 saturated carbocycles. The molecule has 2 N–H and O–H groups in total. The van der Waals surface area contributed by atoms with Crippen molar-refractivity contribution < 1.29 is 38.4 Å². The number of nitrogens with one attached hydrogen (secondary N) is 1. The minimum Gasteiger partial charge on any atom is -0.446 e. The first-order valence-electron chi connectivity index (χ1n) is 15.4. The van der Waals surface area contributed by atoms with E-state index in [1.807, 2.05) is 58.1 Å². The number of ether oxygens (including phenoxy) is 4. The van der Waals surface area contributed by atoms with Crippen LogP contribution < -0.4 is 10.2 Å². The molecule has 2 fully saturated rings. The van der Waals surface area contributed by atoms with E-state index in [4.69, 9.17) is 30.5 Å². The van der Waals surface area contributed by atoms with E-state index in [9.17, 15) is 19.5 Å². The van der Waals surface area contributed by atoms with Gasteiger partial charge in [-0.1, -0.05) is 55.3 Å². The first kappa shape index (κ1) is 35.1. The van der Waals surface area contributed by atoms with Gasteiger partial charge in [0.25, 0.3) is 0 Å². The molecule has 7 unspecified atom stereocenters. The highest BCUT2D eigenvalue weighted by Crippen LogP contribution is 2.49. The van der Waals surface area contributed by atoms with Gasteiger partial charge in [0, 0.05) is 25.3 Å². The molecule has 45 heavy (non-hydrogen) atoms. The monoisotopic (exact) mass is 664 g/mol. The molecule has 2 saturated heterocycles. The number of carbonyl (C=O) groups excluding carboxylic acids is 3. The van der Waals surface area contributed by atoms with Crippen LogP contribution in [0.5, 0.6) is 0 Å². The average Bonchev–Trinajstić information content (AvgIpc) is 3.67. The first-order chi connectivity index (χ1) is 21.2. The van der Waals surface area contributed by atoms with Gasteiger partial charge in [-0.3, -0.25) is 10.1 Å². The highest BCUT2D eigenvalue weighted by molar-refractivity contribution is 7.80. The van der Waals surface area contributed by atoms with Crippen LogP contribution >= 0.6 is 24.2 Å². The number of allylic oxidation sites excluding steroid dienone is 3. The van der Waals surface area contributed by atoms with Crippen LogP contribution in [0.25, 0.3) is 0 Å². The molecular formula is C33H45ClN2O8S. The van der Waals surface area contributed by atoms with E-state index in [1.54, 1.807) is 14.0 Å². The maximum atomic E-state index is 13.8. The van der Waals surface area contributed by atoms with Gasteiger partial charge in [-0.25, -0.2) is 9.59 Å². The molecule has 248 valence electrons. The van der Waals surface area contributed by atoms with Crippen molar-refractivity contribution in [3.05, 3.63) is 52.1 Å². The van der Waals surface area contributed by atoms with Crippen molar-refractivity contribution in [3.63, 3.8) is 0 Å². The fourth-order valence-electron chi connectivity index (χ4n) is 6.07. The van der Waals surface area contributed by atoms with Crippen molar-refractivity contribution in [1.82, 2.24) is 5.32 Å². The lowest BCUT2D eigenvalue weighted by molar-refractivity contribution is -0.121. The van der Waals surface area contributed by atoms with Gasteiger partial charge in [-0.2, -0.15) is 12.6 Å². The number of halogens is 1. The lowest BCUT2D eigenvalue weighted by Crippen LogP contribution is -2.60. The topological polar surface area (TPSA) is 127 Å². The first-order valence-corrected chi connectivity index (χ1v) is 16.4. The van der Waals surface area contributed by atoms with E-state index >= 15 is 0 Å². The van der Waals surface area contributed by atoms with E-state index in [0.29, 0.717) is 29.3 Å². The quantitative estimate of drug-likeness (QED) is 0.154. The van der Waals surface area contributed by atoms with Gasteiger partial charge in [0.2, 0.25) is 5.91 Å². The standard InChI is InChI=1S/C33H45ClN2O8S/c1-19-10-9-11-21(3)33(40)18-25(42-30(38)35-33)22(4)29-32(5,44-29)26(43-31(39)41-12-7-8-13-45)17-27(37)36(6)24-16-23(14-19)15-20(2)28(24)34/h9-11,15-16,21-22,25-26,29,40,45H,7-8,12-14,17-18H2,1-6H3,(H,35,38)/b11-9+,19-10+. The van der Waals surface area contributed by atoms with Crippen LogP contribution in [0, 0.1) is 18.8 Å².